The van der Waals surface area contributed by atoms with Crippen LogP contribution in [0.4, 0.5) is 11.8 Å². The molecule has 1 heterocycles. The zero-order valence-corrected chi connectivity index (χ0v) is 10.7. The Hall–Kier alpha value is -1.32. The minimum Gasteiger partial charge on any atom is -0.357 e. The molecule has 0 aliphatic carbocycles. The van der Waals surface area contributed by atoms with E-state index in [0.717, 1.165) is 43.5 Å². The Balaban J connectivity index is 2.92. The van der Waals surface area contributed by atoms with Crippen molar-refractivity contribution < 1.29 is 0 Å². The molecule has 0 unspecified atom stereocenters. The van der Waals surface area contributed by atoms with Crippen LogP contribution in [0.25, 0.3) is 0 Å². The lowest BCUT2D eigenvalue weighted by Gasteiger charge is -2.21. The summed E-state index contributed by atoms with van der Waals surface area (Å²) in [5.41, 5.74) is 1.01. The molecule has 0 bridgehead atoms. The van der Waals surface area contributed by atoms with Crippen molar-refractivity contribution in [1.82, 2.24) is 9.97 Å². The monoisotopic (exact) mass is 222 g/mol. The second-order valence-corrected chi connectivity index (χ2v) is 3.80. The van der Waals surface area contributed by atoms with Gasteiger partial charge in [0.15, 0.2) is 0 Å². The molecule has 0 aliphatic heterocycles. The van der Waals surface area contributed by atoms with Gasteiger partial charge < -0.3 is 10.2 Å². The standard InChI is InChI=1S/C12H22N4/c1-5-8-16(7-3)11-9-10(4)14-12(15-11)13-6-2/h9H,5-8H2,1-4H3,(H,13,14,15). The molecule has 0 aromatic carbocycles. The fourth-order valence-electron chi connectivity index (χ4n) is 1.66. The van der Waals surface area contributed by atoms with Gasteiger partial charge in [-0.2, -0.15) is 4.98 Å². The van der Waals surface area contributed by atoms with Crippen molar-refractivity contribution in [2.75, 3.05) is 29.9 Å². The lowest BCUT2D eigenvalue weighted by molar-refractivity contribution is 0.775. The summed E-state index contributed by atoms with van der Waals surface area (Å²) in [4.78, 5) is 11.1. The Morgan fingerprint density at radius 2 is 2.00 bits per heavy atom. The van der Waals surface area contributed by atoms with Crippen molar-refractivity contribution in [2.24, 2.45) is 0 Å². The highest BCUT2D eigenvalue weighted by Crippen LogP contribution is 2.14. The van der Waals surface area contributed by atoms with Gasteiger partial charge in [-0.05, 0) is 27.2 Å². The van der Waals surface area contributed by atoms with Gasteiger partial charge in [0.05, 0.1) is 0 Å². The summed E-state index contributed by atoms with van der Waals surface area (Å²) in [7, 11) is 0. The molecular formula is C12H22N4. The van der Waals surface area contributed by atoms with Gasteiger partial charge in [-0.1, -0.05) is 6.92 Å². The number of hydrogen-bond acceptors (Lipinski definition) is 4. The molecule has 1 rings (SSSR count). The molecule has 0 saturated heterocycles. The molecule has 1 aromatic heterocycles. The third-order valence-corrected chi connectivity index (χ3v) is 2.37. The minimum atomic E-state index is 0.729. The highest BCUT2D eigenvalue weighted by atomic mass is 15.2. The predicted molar refractivity (Wildman–Crippen MR) is 69.1 cm³/mol. The minimum absolute atomic E-state index is 0.729. The smallest absolute Gasteiger partial charge is 0.224 e. The molecule has 4 heteroatoms. The van der Waals surface area contributed by atoms with Gasteiger partial charge in [0.25, 0.3) is 0 Å². The van der Waals surface area contributed by atoms with E-state index in [1.807, 2.05) is 13.0 Å². The van der Waals surface area contributed by atoms with Crippen LogP contribution in [0.1, 0.15) is 32.9 Å². The summed E-state index contributed by atoms with van der Waals surface area (Å²) in [5, 5.41) is 3.16. The van der Waals surface area contributed by atoms with Gasteiger partial charge in [0.2, 0.25) is 5.95 Å². The van der Waals surface area contributed by atoms with E-state index in [1.165, 1.54) is 0 Å². The van der Waals surface area contributed by atoms with E-state index >= 15 is 0 Å². The Morgan fingerprint density at radius 1 is 1.25 bits per heavy atom. The molecule has 0 atom stereocenters. The number of nitrogens with zero attached hydrogens (tertiary/aromatic N) is 3. The molecule has 0 saturated carbocycles. The van der Waals surface area contributed by atoms with Gasteiger partial charge in [-0.15, -0.1) is 0 Å². The first-order valence-corrected chi connectivity index (χ1v) is 6.05. The Bertz CT molecular complexity index is 325. The fraction of sp³-hybridized carbons (Fsp3) is 0.667. The van der Waals surface area contributed by atoms with E-state index in [1.54, 1.807) is 0 Å². The van der Waals surface area contributed by atoms with Crippen LogP contribution >= 0.6 is 0 Å². The molecule has 1 N–H and O–H groups in total. The summed E-state index contributed by atoms with van der Waals surface area (Å²) in [6.07, 6.45) is 1.13. The van der Waals surface area contributed by atoms with Crippen LogP contribution in [-0.4, -0.2) is 29.6 Å². The van der Waals surface area contributed by atoms with Crippen LogP contribution < -0.4 is 10.2 Å². The number of aryl methyl sites for hydroxylation is 1. The third kappa shape index (κ3) is 3.36. The van der Waals surface area contributed by atoms with Gasteiger partial charge in [0, 0.05) is 31.4 Å². The lowest BCUT2D eigenvalue weighted by atomic mass is 10.3. The average molecular weight is 222 g/mol. The Labute approximate surface area is 98.1 Å². The molecule has 0 spiro atoms. The summed E-state index contributed by atoms with van der Waals surface area (Å²) < 4.78 is 0. The van der Waals surface area contributed by atoms with Crippen molar-refractivity contribution in [1.29, 1.82) is 0 Å². The van der Waals surface area contributed by atoms with Crippen LogP contribution in [0.2, 0.25) is 0 Å². The van der Waals surface area contributed by atoms with Gasteiger partial charge in [0.1, 0.15) is 5.82 Å². The number of hydrogen-bond donors (Lipinski definition) is 1. The number of aromatic nitrogens is 2. The van der Waals surface area contributed by atoms with Crippen molar-refractivity contribution in [2.45, 2.75) is 34.1 Å². The van der Waals surface area contributed by atoms with Crippen LogP contribution in [0.5, 0.6) is 0 Å². The zero-order valence-electron chi connectivity index (χ0n) is 10.7. The quantitative estimate of drug-likeness (QED) is 0.802. The van der Waals surface area contributed by atoms with E-state index in [-0.39, 0.29) is 0 Å². The summed E-state index contributed by atoms with van der Waals surface area (Å²) >= 11 is 0. The molecule has 0 amide bonds. The van der Waals surface area contributed by atoms with Crippen LogP contribution in [-0.2, 0) is 0 Å². The second-order valence-electron chi connectivity index (χ2n) is 3.80. The van der Waals surface area contributed by atoms with E-state index in [2.05, 4.69) is 41.0 Å². The molecular weight excluding hydrogens is 200 g/mol. The van der Waals surface area contributed by atoms with Crippen LogP contribution in [0, 0.1) is 6.92 Å². The van der Waals surface area contributed by atoms with Crippen molar-refractivity contribution in [3.05, 3.63) is 11.8 Å². The van der Waals surface area contributed by atoms with Gasteiger partial charge >= 0.3 is 0 Å². The van der Waals surface area contributed by atoms with Crippen LogP contribution in [0.15, 0.2) is 6.07 Å². The van der Waals surface area contributed by atoms with Crippen LogP contribution in [0.3, 0.4) is 0 Å². The lowest BCUT2D eigenvalue weighted by Crippen LogP contribution is -2.25. The first-order valence-electron chi connectivity index (χ1n) is 6.05. The van der Waals surface area contributed by atoms with Crippen molar-refractivity contribution in [3.8, 4) is 0 Å². The largest absolute Gasteiger partial charge is 0.357 e. The average Bonchev–Trinajstić information content (AvgIpc) is 2.25. The van der Waals surface area contributed by atoms with Crippen molar-refractivity contribution in [3.63, 3.8) is 0 Å². The number of anilines is 2. The molecule has 90 valence electrons. The van der Waals surface area contributed by atoms with Gasteiger partial charge in [-0.25, -0.2) is 4.98 Å². The van der Waals surface area contributed by atoms with E-state index in [4.69, 9.17) is 0 Å². The summed E-state index contributed by atoms with van der Waals surface area (Å²) in [6, 6.07) is 2.04. The fourth-order valence-corrected chi connectivity index (χ4v) is 1.66. The topological polar surface area (TPSA) is 41.1 Å². The maximum atomic E-state index is 4.52. The summed E-state index contributed by atoms with van der Waals surface area (Å²) in [5.74, 6) is 1.75. The van der Waals surface area contributed by atoms with E-state index < -0.39 is 0 Å². The third-order valence-electron chi connectivity index (χ3n) is 2.37. The predicted octanol–water partition coefficient (Wildman–Crippen LogP) is 2.45. The SMILES string of the molecule is CCCN(CC)c1cc(C)nc(NCC)n1. The second kappa shape index (κ2) is 6.30. The molecule has 0 aliphatic rings. The first kappa shape index (κ1) is 12.7. The molecule has 0 radical (unpaired) electrons. The maximum absolute atomic E-state index is 4.52. The molecule has 1 aromatic rings. The van der Waals surface area contributed by atoms with E-state index in [9.17, 15) is 0 Å². The van der Waals surface area contributed by atoms with E-state index in [0.29, 0.717) is 0 Å². The maximum Gasteiger partial charge on any atom is 0.224 e. The highest BCUT2D eigenvalue weighted by Gasteiger charge is 2.07. The molecule has 0 fully saturated rings. The Morgan fingerprint density at radius 3 is 2.56 bits per heavy atom. The molecule has 4 nitrogen and oxygen atoms in total. The van der Waals surface area contributed by atoms with Crippen molar-refractivity contribution >= 4 is 11.8 Å². The number of rotatable bonds is 6. The van der Waals surface area contributed by atoms with Gasteiger partial charge in [-0.3, -0.25) is 0 Å². The first-order chi connectivity index (χ1) is 7.71. The molecule has 16 heavy (non-hydrogen) atoms. The zero-order chi connectivity index (χ0) is 12.0. The Kier molecular flexibility index (Phi) is 5.02. The highest BCUT2D eigenvalue weighted by molar-refractivity contribution is 5.44. The number of nitrogens with one attached hydrogen (secondary N) is 1. The normalized spacial score (nSPS) is 10.2. The summed E-state index contributed by atoms with van der Waals surface area (Å²) in [6.45, 7) is 11.3.